The van der Waals surface area contributed by atoms with Crippen LogP contribution in [-0.4, -0.2) is 44.2 Å². The predicted octanol–water partition coefficient (Wildman–Crippen LogP) is 4.48. The number of carbonyl (C=O) groups is 2. The van der Waals surface area contributed by atoms with Gasteiger partial charge in [-0.05, 0) is 62.6 Å². The number of nitrogens with one attached hydrogen (secondary N) is 1. The molecular weight excluding hydrogens is 462 g/mol. The fraction of sp³-hybridized carbons (Fsp3) is 0.308. The van der Waals surface area contributed by atoms with Crippen molar-refractivity contribution in [2.75, 3.05) is 18.4 Å². The minimum atomic E-state index is -0.109. The number of nitrogens with zero attached hydrogens (tertiary/aromatic N) is 4. The maximum atomic E-state index is 13.0. The van der Waals surface area contributed by atoms with Gasteiger partial charge in [-0.25, -0.2) is 9.97 Å². The predicted molar refractivity (Wildman–Crippen MR) is 135 cm³/mol. The SMILES string of the molecule is Cc1csc(NC(=O)C2CCN(C(=O)c3ccc(OCc4cn5cccc(C)c5n4)cc3)CC2)n1. The van der Waals surface area contributed by atoms with E-state index in [0.717, 1.165) is 22.6 Å². The van der Waals surface area contributed by atoms with Crippen LogP contribution in [0.25, 0.3) is 5.65 Å². The van der Waals surface area contributed by atoms with E-state index in [-0.39, 0.29) is 17.7 Å². The van der Waals surface area contributed by atoms with Crippen molar-refractivity contribution in [1.82, 2.24) is 19.3 Å². The van der Waals surface area contributed by atoms with Crippen molar-refractivity contribution in [1.29, 1.82) is 0 Å². The van der Waals surface area contributed by atoms with Gasteiger partial charge in [-0.1, -0.05) is 6.07 Å². The van der Waals surface area contributed by atoms with E-state index in [4.69, 9.17) is 4.74 Å². The summed E-state index contributed by atoms with van der Waals surface area (Å²) in [7, 11) is 0. The molecule has 0 unspecified atom stereocenters. The average Bonchev–Trinajstić information content (AvgIpc) is 3.49. The number of thiazole rings is 1. The molecule has 0 radical (unpaired) electrons. The summed E-state index contributed by atoms with van der Waals surface area (Å²) in [6.45, 7) is 5.39. The van der Waals surface area contributed by atoms with Crippen molar-refractivity contribution in [3.63, 3.8) is 0 Å². The van der Waals surface area contributed by atoms with Crippen LogP contribution in [0.4, 0.5) is 5.13 Å². The lowest BCUT2D eigenvalue weighted by molar-refractivity contribution is -0.121. The first-order valence-electron chi connectivity index (χ1n) is 11.6. The highest BCUT2D eigenvalue weighted by molar-refractivity contribution is 7.13. The van der Waals surface area contributed by atoms with Gasteiger partial charge in [0, 0.05) is 42.3 Å². The fourth-order valence-electron chi connectivity index (χ4n) is 4.27. The van der Waals surface area contributed by atoms with Gasteiger partial charge in [0.15, 0.2) is 5.13 Å². The number of hydrogen-bond donors (Lipinski definition) is 1. The maximum Gasteiger partial charge on any atom is 0.253 e. The molecule has 1 saturated heterocycles. The van der Waals surface area contributed by atoms with Crippen LogP contribution < -0.4 is 10.1 Å². The number of likely N-dealkylation sites (tertiary alicyclic amines) is 1. The Morgan fingerprint density at radius 2 is 1.89 bits per heavy atom. The molecule has 1 N–H and O–H groups in total. The summed E-state index contributed by atoms with van der Waals surface area (Å²) in [4.78, 5) is 36.2. The minimum absolute atomic E-state index is 0.0197. The molecular formula is C26H27N5O3S. The van der Waals surface area contributed by atoms with E-state index in [9.17, 15) is 9.59 Å². The molecule has 35 heavy (non-hydrogen) atoms. The van der Waals surface area contributed by atoms with E-state index in [0.29, 0.717) is 49.0 Å². The number of ether oxygens (including phenoxy) is 1. The van der Waals surface area contributed by atoms with Crippen LogP contribution in [0.15, 0.2) is 54.2 Å². The molecule has 1 aromatic carbocycles. The first-order valence-corrected chi connectivity index (χ1v) is 12.5. The lowest BCUT2D eigenvalue weighted by atomic mass is 9.95. The molecule has 0 spiro atoms. The first kappa shape index (κ1) is 23.0. The van der Waals surface area contributed by atoms with Gasteiger partial charge in [-0.2, -0.15) is 0 Å². The topological polar surface area (TPSA) is 88.8 Å². The number of hydrogen-bond acceptors (Lipinski definition) is 6. The molecule has 9 heteroatoms. The Morgan fingerprint density at radius 3 is 2.57 bits per heavy atom. The molecule has 0 atom stereocenters. The van der Waals surface area contributed by atoms with Crippen LogP contribution in [0.1, 0.15) is 40.2 Å². The standard InChI is InChI=1S/C26H27N5O3S/c1-17-4-3-11-31-14-21(28-23(17)31)15-34-22-7-5-20(6-8-22)25(33)30-12-9-19(10-13-30)24(32)29-26-27-18(2)16-35-26/h3-8,11,14,16,19H,9-10,12-13,15H2,1-2H3,(H,27,29,32). The van der Waals surface area contributed by atoms with Crippen molar-refractivity contribution in [2.24, 2.45) is 5.92 Å². The summed E-state index contributed by atoms with van der Waals surface area (Å²) in [5.41, 5.74) is 4.39. The largest absolute Gasteiger partial charge is 0.487 e. The summed E-state index contributed by atoms with van der Waals surface area (Å²) < 4.78 is 7.87. The minimum Gasteiger partial charge on any atom is -0.487 e. The maximum absolute atomic E-state index is 13.0. The van der Waals surface area contributed by atoms with E-state index in [1.54, 1.807) is 12.1 Å². The third-order valence-electron chi connectivity index (χ3n) is 6.22. The lowest BCUT2D eigenvalue weighted by Gasteiger charge is -2.31. The number of carbonyl (C=O) groups excluding carboxylic acids is 2. The molecule has 0 aliphatic carbocycles. The monoisotopic (exact) mass is 489 g/mol. The molecule has 180 valence electrons. The van der Waals surface area contributed by atoms with Crippen molar-refractivity contribution in [2.45, 2.75) is 33.3 Å². The summed E-state index contributed by atoms with van der Waals surface area (Å²) in [5, 5.41) is 5.43. The molecule has 8 nitrogen and oxygen atoms in total. The fourth-order valence-corrected chi connectivity index (χ4v) is 4.96. The van der Waals surface area contributed by atoms with Crippen LogP contribution >= 0.6 is 11.3 Å². The Kier molecular flexibility index (Phi) is 6.50. The normalized spacial score (nSPS) is 14.3. The van der Waals surface area contributed by atoms with Gasteiger partial charge in [0.1, 0.15) is 18.0 Å². The molecule has 3 aromatic heterocycles. The molecule has 4 heterocycles. The molecule has 2 amide bonds. The number of aryl methyl sites for hydroxylation is 2. The van der Waals surface area contributed by atoms with E-state index in [1.165, 1.54) is 11.3 Å². The highest BCUT2D eigenvalue weighted by Gasteiger charge is 2.28. The van der Waals surface area contributed by atoms with Crippen molar-refractivity contribution < 1.29 is 14.3 Å². The first-order chi connectivity index (χ1) is 17.0. The zero-order valence-electron chi connectivity index (χ0n) is 19.7. The second kappa shape index (κ2) is 9.87. The third kappa shape index (κ3) is 5.19. The zero-order valence-corrected chi connectivity index (χ0v) is 20.5. The van der Waals surface area contributed by atoms with Gasteiger partial charge in [0.25, 0.3) is 5.91 Å². The average molecular weight is 490 g/mol. The van der Waals surface area contributed by atoms with E-state index in [2.05, 4.69) is 15.3 Å². The Labute approximate surface area is 207 Å². The number of piperidine rings is 1. The van der Waals surface area contributed by atoms with Gasteiger partial charge in [0.2, 0.25) is 5.91 Å². The summed E-state index contributed by atoms with van der Waals surface area (Å²) in [5.74, 6) is 0.529. The molecule has 1 aliphatic rings. The highest BCUT2D eigenvalue weighted by atomic mass is 32.1. The highest BCUT2D eigenvalue weighted by Crippen LogP contribution is 2.23. The van der Waals surface area contributed by atoms with Gasteiger partial charge in [-0.15, -0.1) is 11.3 Å². The molecule has 0 saturated carbocycles. The Hall–Kier alpha value is -3.72. The number of benzene rings is 1. The summed E-state index contributed by atoms with van der Waals surface area (Å²) >= 11 is 1.43. The second-order valence-electron chi connectivity index (χ2n) is 8.82. The smallest absolute Gasteiger partial charge is 0.253 e. The van der Waals surface area contributed by atoms with Crippen molar-refractivity contribution >= 4 is 33.9 Å². The van der Waals surface area contributed by atoms with Crippen LogP contribution in [0.5, 0.6) is 5.75 Å². The molecule has 1 fully saturated rings. The quantitative estimate of drug-likeness (QED) is 0.432. The number of fused-ring (bicyclic) bond motifs is 1. The van der Waals surface area contributed by atoms with Gasteiger partial charge < -0.3 is 19.4 Å². The number of amides is 2. The number of pyridine rings is 1. The van der Waals surface area contributed by atoms with E-state index < -0.39 is 0 Å². The van der Waals surface area contributed by atoms with Crippen LogP contribution in [0, 0.1) is 19.8 Å². The van der Waals surface area contributed by atoms with Gasteiger partial charge in [-0.3, -0.25) is 9.59 Å². The van der Waals surface area contributed by atoms with Gasteiger partial charge in [0.05, 0.1) is 11.4 Å². The Balaban J connectivity index is 1.12. The van der Waals surface area contributed by atoms with Crippen molar-refractivity contribution in [3.8, 4) is 5.75 Å². The Bertz CT molecular complexity index is 1350. The number of anilines is 1. The molecule has 1 aliphatic heterocycles. The van der Waals surface area contributed by atoms with Crippen LogP contribution in [0.3, 0.4) is 0 Å². The number of aromatic nitrogens is 3. The zero-order chi connectivity index (χ0) is 24.4. The van der Waals surface area contributed by atoms with Gasteiger partial charge >= 0.3 is 0 Å². The molecule has 0 bridgehead atoms. The number of rotatable bonds is 6. The van der Waals surface area contributed by atoms with Crippen molar-refractivity contribution in [3.05, 3.63) is 76.7 Å². The third-order valence-corrected chi connectivity index (χ3v) is 7.09. The van der Waals surface area contributed by atoms with Crippen LogP contribution in [-0.2, 0) is 11.4 Å². The summed E-state index contributed by atoms with van der Waals surface area (Å²) in [6, 6.07) is 11.2. The lowest BCUT2D eigenvalue weighted by Crippen LogP contribution is -2.41. The number of imidazole rings is 1. The van der Waals surface area contributed by atoms with E-state index in [1.807, 2.05) is 65.2 Å². The summed E-state index contributed by atoms with van der Waals surface area (Å²) in [6.07, 6.45) is 5.21. The second-order valence-corrected chi connectivity index (χ2v) is 9.68. The molecule has 4 aromatic rings. The van der Waals surface area contributed by atoms with E-state index >= 15 is 0 Å². The Morgan fingerprint density at radius 1 is 1.11 bits per heavy atom. The molecule has 5 rings (SSSR count). The van der Waals surface area contributed by atoms with Crippen LogP contribution in [0.2, 0.25) is 0 Å².